The number of unbranched alkanes of at least 4 members (excludes halogenated alkanes) is 1. The Balaban J connectivity index is 4.94. The zero-order valence-electron chi connectivity index (χ0n) is 15.5. The van der Waals surface area contributed by atoms with Gasteiger partial charge in [-0.1, -0.05) is 6.42 Å². The molecule has 0 fully saturated rings. The fraction of sp³-hybridized carbons (Fsp3) is 0.667. The van der Waals surface area contributed by atoms with Crippen LogP contribution in [0.25, 0.3) is 0 Å². The Hall–Kier alpha value is -2.77. The number of amides is 5. The van der Waals surface area contributed by atoms with Crippen molar-refractivity contribution in [1.82, 2.24) is 16.0 Å². The third kappa shape index (κ3) is 10.4. The number of nitrogens with two attached hydrogens (primary N) is 4. The molecule has 0 aliphatic rings. The first-order valence-electron chi connectivity index (χ1n) is 8.63. The summed E-state index contributed by atoms with van der Waals surface area (Å²) < 4.78 is 0. The molecule has 0 aromatic rings. The SMILES string of the molecule is NCCCC[C@@H](N)C(=O)N[C@H](CC(N)=O)C(=O)N[C@H](CO)C(=O)NCC(N)=O. The monoisotopic (exact) mass is 403 g/mol. The molecule has 12 N–H and O–H groups in total. The average molecular weight is 403 g/mol. The standard InChI is InChI=1S/C15H29N7O6/c16-4-2-1-3-8(17)13(26)21-9(5-11(18)24)15(28)22-10(7-23)14(27)20-6-12(19)25/h8-10,23H,1-7,16-17H2,(H2,18,24)(H2,19,25)(H,20,27)(H,21,26)(H,22,28)/t8-,9-,10-/m1/s1. The lowest BCUT2D eigenvalue weighted by Crippen LogP contribution is -2.57. The Morgan fingerprint density at radius 1 is 0.857 bits per heavy atom. The van der Waals surface area contributed by atoms with Crippen LogP contribution in [0.5, 0.6) is 0 Å². The van der Waals surface area contributed by atoms with E-state index in [0.29, 0.717) is 25.8 Å². The van der Waals surface area contributed by atoms with Crippen LogP contribution in [0.1, 0.15) is 25.7 Å². The van der Waals surface area contributed by atoms with Crippen molar-refractivity contribution in [2.45, 2.75) is 43.8 Å². The van der Waals surface area contributed by atoms with Crippen LogP contribution in [0, 0.1) is 0 Å². The summed E-state index contributed by atoms with van der Waals surface area (Å²) >= 11 is 0. The molecule has 0 aromatic carbocycles. The van der Waals surface area contributed by atoms with E-state index in [4.69, 9.17) is 22.9 Å². The van der Waals surface area contributed by atoms with E-state index in [-0.39, 0.29) is 0 Å². The fourth-order valence-corrected chi connectivity index (χ4v) is 2.09. The van der Waals surface area contributed by atoms with Crippen LogP contribution in [0.15, 0.2) is 0 Å². The van der Waals surface area contributed by atoms with Gasteiger partial charge in [-0.25, -0.2) is 0 Å². The van der Waals surface area contributed by atoms with E-state index in [9.17, 15) is 29.1 Å². The Morgan fingerprint density at radius 2 is 1.46 bits per heavy atom. The van der Waals surface area contributed by atoms with Crippen LogP contribution in [0.3, 0.4) is 0 Å². The maximum Gasteiger partial charge on any atom is 0.245 e. The molecule has 0 saturated carbocycles. The minimum Gasteiger partial charge on any atom is -0.394 e. The van der Waals surface area contributed by atoms with E-state index in [1.165, 1.54) is 0 Å². The van der Waals surface area contributed by atoms with Gasteiger partial charge in [0.25, 0.3) is 0 Å². The van der Waals surface area contributed by atoms with E-state index in [2.05, 4.69) is 16.0 Å². The first-order valence-corrected chi connectivity index (χ1v) is 8.63. The molecule has 0 aliphatic heterocycles. The number of rotatable bonds is 14. The molecule has 5 amide bonds. The van der Waals surface area contributed by atoms with Crippen molar-refractivity contribution in [3.8, 4) is 0 Å². The molecule has 0 aliphatic carbocycles. The molecule has 0 saturated heterocycles. The molecule has 0 rings (SSSR count). The van der Waals surface area contributed by atoms with Crippen molar-refractivity contribution in [2.24, 2.45) is 22.9 Å². The highest BCUT2D eigenvalue weighted by molar-refractivity contribution is 5.96. The number of hydrogen-bond acceptors (Lipinski definition) is 8. The van der Waals surface area contributed by atoms with Crippen molar-refractivity contribution < 1.29 is 29.1 Å². The molecule has 13 heteroatoms. The molecule has 0 heterocycles. The summed E-state index contributed by atoms with van der Waals surface area (Å²) in [6.07, 6.45) is 1.05. The molecule has 0 unspecified atom stereocenters. The molecular formula is C15H29N7O6. The lowest BCUT2D eigenvalue weighted by molar-refractivity contribution is -0.134. The molecule has 3 atom stereocenters. The second-order valence-electron chi connectivity index (χ2n) is 6.05. The number of aliphatic hydroxyl groups is 1. The number of carbonyl (C=O) groups is 5. The van der Waals surface area contributed by atoms with Crippen molar-refractivity contribution in [1.29, 1.82) is 0 Å². The van der Waals surface area contributed by atoms with Crippen LogP contribution in [0.2, 0.25) is 0 Å². The smallest absolute Gasteiger partial charge is 0.245 e. The third-order valence-corrected chi connectivity index (χ3v) is 3.60. The van der Waals surface area contributed by atoms with Crippen LogP contribution >= 0.6 is 0 Å². The first kappa shape index (κ1) is 25.2. The van der Waals surface area contributed by atoms with Gasteiger partial charge in [-0.05, 0) is 19.4 Å². The summed E-state index contributed by atoms with van der Waals surface area (Å²) in [5.41, 5.74) is 21.1. The average Bonchev–Trinajstić information content (AvgIpc) is 2.62. The van der Waals surface area contributed by atoms with Crippen molar-refractivity contribution in [2.75, 3.05) is 19.7 Å². The minimum absolute atomic E-state index is 0.322. The number of primary amides is 2. The van der Waals surface area contributed by atoms with Crippen molar-refractivity contribution in [3.05, 3.63) is 0 Å². The van der Waals surface area contributed by atoms with Crippen molar-refractivity contribution in [3.63, 3.8) is 0 Å². The highest BCUT2D eigenvalue weighted by Crippen LogP contribution is 2.01. The number of carbonyl (C=O) groups excluding carboxylic acids is 5. The van der Waals surface area contributed by atoms with Gasteiger partial charge < -0.3 is 44.0 Å². The number of hydrogen-bond donors (Lipinski definition) is 8. The van der Waals surface area contributed by atoms with E-state index < -0.39 is 67.2 Å². The Morgan fingerprint density at radius 3 is 1.96 bits per heavy atom. The van der Waals surface area contributed by atoms with E-state index in [1.807, 2.05) is 0 Å². The molecule has 0 bridgehead atoms. The van der Waals surface area contributed by atoms with Gasteiger partial charge in [0.05, 0.1) is 25.6 Å². The highest BCUT2D eigenvalue weighted by Gasteiger charge is 2.29. The van der Waals surface area contributed by atoms with Crippen LogP contribution in [-0.4, -0.2) is 72.5 Å². The molecule has 13 nitrogen and oxygen atoms in total. The van der Waals surface area contributed by atoms with Crippen LogP contribution in [0.4, 0.5) is 0 Å². The summed E-state index contributed by atoms with van der Waals surface area (Å²) in [7, 11) is 0. The zero-order chi connectivity index (χ0) is 21.7. The zero-order valence-corrected chi connectivity index (χ0v) is 15.5. The molecule has 0 radical (unpaired) electrons. The third-order valence-electron chi connectivity index (χ3n) is 3.60. The van der Waals surface area contributed by atoms with Gasteiger partial charge in [0, 0.05) is 0 Å². The quantitative estimate of drug-likeness (QED) is 0.130. The predicted octanol–water partition coefficient (Wildman–Crippen LogP) is -5.12. The van der Waals surface area contributed by atoms with E-state index in [0.717, 1.165) is 0 Å². The Bertz CT molecular complexity index is 571. The number of nitrogens with one attached hydrogen (secondary N) is 3. The lowest BCUT2D eigenvalue weighted by atomic mass is 10.1. The van der Waals surface area contributed by atoms with Crippen LogP contribution < -0.4 is 38.9 Å². The predicted molar refractivity (Wildman–Crippen MR) is 97.8 cm³/mol. The molecule has 160 valence electrons. The first-order chi connectivity index (χ1) is 13.1. The van der Waals surface area contributed by atoms with Gasteiger partial charge in [-0.2, -0.15) is 0 Å². The summed E-state index contributed by atoms with van der Waals surface area (Å²) in [6, 6.07) is -3.76. The van der Waals surface area contributed by atoms with E-state index in [1.54, 1.807) is 0 Å². The van der Waals surface area contributed by atoms with Gasteiger partial charge in [0.1, 0.15) is 12.1 Å². The normalized spacial score (nSPS) is 13.7. The van der Waals surface area contributed by atoms with Gasteiger partial charge in [-0.3, -0.25) is 24.0 Å². The summed E-state index contributed by atoms with van der Waals surface area (Å²) in [6.45, 7) is -0.849. The second kappa shape index (κ2) is 13.4. The molecule has 28 heavy (non-hydrogen) atoms. The van der Waals surface area contributed by atoms with Crippen molar-refractivity contribution >= 4 is 29.5 Å². The molecule has 0 spiro atoms. The van der Waals surface area contributed by atoms with Gasteiger partial charge in [-0.15, -0.1) is 0 Å². The maximum absolute atomic E-state index is 12.3. The minimum atomic E-state index is -1.43. The topological polar surface area (TPSA) is 246 Å². The summed E-state index contributed by atoms with van der Waals surface area (Å²) in [5.74, 6) is -4.20. The summed E-state index contributed by atoms with van der Waals surface area (Å²) in [5, 5.41) is 15.8. The van der Waals surface area contributed by atoms with Gasteiger partial charge in [0.15, 0.2) is 0 Å². The summed E-state index contributed by atoms with van der Waals surface area (Å²) in [4.78, 5) is 58.2. The van der Waals surface area contributed by atoms with E-state index >= 15 is 0 Å². The Labute approximate surface area is 161 Å². The highest BCUT2D eigenvalue weighted by atomic mass is 16.3. The molecular weight excluding hydrogens is 374 g/mol. The largest absolute Gasteiger partial charge is 0.394 e. The fourth-order valence-electron chi connectivity index (χ4n) is 2.09. The Kier molecular flexibility index (Phi) is 12.1. The van der Waals surface area contributed by atoms with Gasteiger partial charge in [0.2, 0.25) is 29.5 Å². The number of aliphatic hydroxyl groups excluding tert-OH is 1. The van der Waals surface area contributed by atoms with Gasteiger partial charge >= 0.3 is 0 Å². The molecule has 0 aromatic heterocycles. The van der Waals surface area contributed by atoms with Crippen LogP contribution in [-0.2, 0) is 24.0 Å². The maximum atomic E-state index is 12.3. The lowest BCUT2D eigenvalue weighted by Gasteiger charge is -2.22. The second-order valence-corrected chi connectivity index (χ2v) is 6.05.